The molecule has 2 aromatic carbocycles. The average Bonchev–Trinajstić information content (AvgIpc) is 2.73. The van der Waals surface area contributed by atoms with Gasteiger partial charge >= 0.3 is 6.03 Å². The Morgan fingerprint density at radius 2 is 1.74 bits per heavy atom. The lowest BCUT2D eigenvalue weighted by atomic mass is 9.87. The number of likely N-dealkylation sites (tertiary alicyclic amines) is 1. The first kappa shape index (κ1) is 17.7. The summed E-state index contributed by atoms with van der Waals surface area (Å²) in [4.78, 5) is 14.2. The lowest BCUT2D eigenvalue weighted by Crippen LogP contribution is -2.42. The van der Waals surface area contributed by atoms with Gasteiger partial charge in [0, 0.05) is 18.8 Å². The van der Waals surface area contributed by atoms with Crippen LogP contribution in [0.25, 0.3) is 0 Å². The van der Waals surface area contributed by atoms with E-state index in [1.807, 2.05) is 48.5 Å². The normalized spacial score (nSPS) is 18.0. The van der Waals surface area contributed by atoms with E-state index in [-0.39, 0.29) is 11.9 Å². The number of benzene rings is 2. The third-order valence-corrected chi connectivity index (χ3v) is 5.21. The molecule has 0 saturated carbocycles. The van der Waals surface area contributed by atoms with Gasteiger partial charge in [-0.3, -0.25) is 0 Å². The van der Waals surface area contributed by atoms with Crippen molar-refractivity contribution < 1.29 is 19.4 Å². The van der Waals surface area contributed by atoms with Crippen molar-refractivity contribution in [1.29, 1.82) is 0 Å². The van der Waals surface area contributed by atoms with Gasteiger partial charge in [0.2, 0.25) is 0 Å². The number of para-hydroxylation sites is 1. The topological polar surface area (TPSA) is 71.0 Å². The highest BCUT2D eigenvalue weighted by Crippen LogP contribution is 2.37. The maximum atomic E-state index is 12.4. The van der Waals surface area contributed by atoms with E-state index >= 15 is 0 Å². The highest BCUT2D eigenvalue weighted by Gasteiger charge is 2.29. The zero-order chi connectivity index (χ0) is 18.6. The van der Waals surface area contributed by atoms with Crippen molar-refractivity contribution in [2.45, 2.75) is 18.9 Å². The first-order valence-corrected chi connectivity index (χ1v) is 9.39. The number of ether oxygens (including phenoxy) is 2. The Morgan fingerprint density at radius 1 is 1.04 bits per heavy atom. The average molecular weight is 368 g/mol. The molecule has 142 valence electrons. The summed E-state index contributed by atoms with van der Waals surface area (Å²) in [6.07, 6.45) is 0.954. The van der Waals surface area contributed by atoms with Crippen molar-refractivity contribution in [1.82, 2.24) is 4.90 Å². The van der Waals surface area contributed by atoms with Gasteiger partial charge in [-0.15, -0.1) is 0 Å². The molecule has 0 spiro atoms. The van der Waals surface area contributed by atoms with Crippen LogP contribution in [-0.2, 0) is 0 Å². The highest BCUT2D eigenvalue weighted by molar-refractivity contribution is 5.89. The molecule has 4 rings (SSSR count). The number of nitrogens with zero attached hydrogens (tertiary/aromatic N) is 1. The zero-order valence-electron chi connectivity index (χ0n) is 15.1. The monoisotopic (exact) mass is 368 g/mol. The number of piperidine rings is 1. The first-order chi connectivity index (χ1) is 13.2. The fourth-order valence-electron chi connectivity index (χ4n) is 3.66. The van der Waals surface area contributed by atoms with Crippen LogP contribution in [0.2, 0.25) is 0 Å². The highest BCUT2D eigenvalue weighted by atomic mass is 16.6. The number of carbonyl (C=O) groups is 1. The number of fused-ring (bicyclic) bond motifs is 1. The molecule has 27 heavy (non-hydrogen) atoms. The molecule has 0 bridgehead atoms. The van der Waals surface area contributed by atoms with Gasteiger partial charge in [0.05, 0.1) is 6.10 Å². The van der Waals surface area contributed by atoms with Crippen LogP contribution in [0.3, 0.4) is 0 Å². The van der Waals surface area contributed by atoms with E-state index in [9.17, 15) is 9.90 Å². The summed E-state index contributed by atoms with van der Waals surface area (Å²) in [7, 11) is 0. The number of nitrogens with one attached hydrogen (secondary N) is 1. The van der Waals surface area contributed by atoms with Crippen molar-refractivity contribution in [3.05, 3.63) is 54.1 Å². The summed E-state index contributed by atoms with van der Waals surface area (Å²) >= 11 is 0. The standard InChI is InChI=1S/C21H24N2O4/c24-20(16-6-7-18-19(14-16)27-13-12-26-18)15-8-10-23(11-9-15)21(25)22-17-4-2-1-3-5-17/h1-7,14-15,20,24H,8-13H2,(H,22,25). The van der Waals surface area contributed by atoms with E-state index in [4.69, 9.17) is 9.47 Å². The van der Waals surface area contributed by atoms with Crippen LogP contribution in [0.5, 0.6) is 11.5 Å². The summed E-state index contributed by atoms with van der Waals surface area (Å²) in [6.45, 7) is 2.34. The lowest BCUT2D eigenvalue weighted by molar-refractivity contribution is 0.0677. The summed E-state index contributed by atoms with van der Waals surface area (Å²) in [6, 6.07) is 15.0. The van der Waals surface area contributed by atoms with Gasteiger partial charge in [-0.25, -0.2) is 4.79 Å². The number of aliphatic hydroxyl groups excluding tert-OH is 1. The van der Waals surface area contributed by atoms with E-state index in [0.717, 1.165) is 29.8 Å². The molecule has 2 aliphatic heterocycles. The number of urea groups is 1. The number of hydrogen-bond donors (Lipinski definition) is 2. The number of anilines is 1. The minimum atomic E-state index is -0.569. The fraction of sp³-hybridized carbons (Fsp3) is 0.381. The van der Waals surface area contributed by atoms with Gasteiger partial charge in [0.25, 0.3) is 0 Å². The van der Waals surface area contributed by atoms with Crippen LogP contribution in [0.1, 0.15) is 24.5 Å². The largest absolute Gasteiger partial charge is 0.486 e. The summed E-state index contributed by atoms with van der Waals surface area (Å²) in [5, 5.41) is 13.7. The predicted molar refractivity (Wildman–Crippen MR) is 102 cm³/mol. The lowest BCUT2D eigenvalue weighted by Gasteiger charge is -2.34. The summed E-state index contributed by atoms with van der Waals surface area (Å²) in [5.74, 6) is 1.54. The van der Waals surface area contributed by atoms with Crippen LogP contribution in [-0.4, -0.2) is 42.3 Å². The quantitative estimate of drug-likeness (QED) is 0.871. The molecule has 6 nitrogen and oxygen atoms in total. The van der Waals surface area contributed by atoms with Gasteiger partial charge < -0.3 is 24.8 Å². The minimum absolute atomic E-state index is 0.0894. The number of amides is 2. The molecule has 1 atom stereocenters. The molecular weight excluding hydrogens is 344 g/mol. The maximum Gasteiger partial charge on any atom is 0.321 e. The molecule has 2 aromatic rings. The van der Waals surface area contributed by atoms with Crippen molar-refractivity contribution in [3.8, 4) is 11.5 Å². The molecule has 1 fully saturated rings. The van der Waals surface area contributed by atoms with Crippen LogP contribution < -0.4 is 14.8 Å². The Morgan fingerprint density at radius 3 is 2.48 bits per heavy atom. The number of rotatable bonds is 3. The van der Waals surface area contributed by atoms with Crippen molar-refractivity contribution in [2.75, 3.05) is 31.6 Å². The molecule has 0 aliphatic carbocycles. The molecule has 2 amide bonds. The van der Waals surface area contributed by atoms with E-state index in [0.29, 0.717) is 32.1 Å². The fourth-order valence-corrected chi connectivity index (χ4v) is 3.66. The molecule has 2 heterocycles. The van der Waals surface area contributed by atoms with Crippen LogP contribution in [0.15, 0.2) is 48.5 Å². The molecule has 0 radical (unpaired) electrons. The molecule has 2 aliphatic rings. The van der Waals surface area contributed by atoms with Crippen LogP contribution in [0.4, 0.5) is 10.5 Å². The van der Waals surface area contributed by atoms with Gasteiger partial charge in [-0.05, 0) is 48.6 Å². The summed E-state index contributed by atoms with van der Waals surface area (Å²) < 4.78 is 11.1. The number of carbonyl (C=O) groups excluding carboxylic acids is 1. The van der Waals surface area contributed by atoms with Crippen molar-refractivity contribution >= 4 is 11.7 Å². The van der Waals surface area contributed by atoms with Crippen LogP contribution >= 0.6 is 0 Å². The number of hydrogen-bond acceptors (Lipinski definition) is 4. The second-order valence-corrected chi connectivity index (χ2v) is 6.97. The summed E-state index contributed by atoms with van der Waals surface area (Å²) in [5.41, 5.74) is 1.63. The van der Waals surface area contributed by atoms with Crippen LogP contribution in [0, 0.1) is 5.92 Å². The molecular formula is C21H24N2O4. The molecule has 6 heteroatoms. The maximum absolute atomic E-state index is 12.4. The Hall–Kier alpha value is -2.73. The van der Waals surface area contributed by atoms with E-state index in [1.165, 1.54) is 0 Å². The molecule has 1 saturated heterocycles. The smallest absolute Gasteiger partial charge is 0.321 e. The van der Waals surface area contributed by atoms with Gasteiger partial charge in [0.1, 0.15) is 13.2 Å². The third-order valence-electron chi connectivity index (χ3n) is 5.21. The first-order valence-electron chi connectivity index (χ1n) is 9.39. The second-order valence-electron chi connectivity index (χ2n) is 6.97. The molecule has 2 N–H and O–H groups in total. The Kier molecular flexibility index (Phi) is 5.16. The zero-order valence-corrected chi connectivity index (χ0v) is 15.1. The second kappa shape index (κ2) is 7.88. The third kappa shape index (κ3) is 4.01. The van der Waals surface area contributed by atoms with Gasteiger partial charge in [0.15, 0.2) is 11.5 Å². The van der Waals surface area contributed by atoms with E-state index in [2.05, 4.69) is 5.32 Å². The number of aliphatic hydroxyl groups is 1. The van der Waals surface area contributed by atoms with Crippen molar-refractivity contribution in [3.63, 3.8) is 0 Å². The van der Waals surface area contributed by atoms with Gasteiger partial charge in [-0.1, -0.05) is 24.3 Å². The Bertz CT molecular complexity index is 788. The van der Waals surface area contributed by atoms with E-state index < -0.39 is 6.10 Å². The van der Waals surface area contributed by atoms with E-state index in [1.54, 1.807) is 4.90 Å². The minimum Gasteiger partial charge on any atom is -0.486 e. The Balaban J connectivity index is 1.34. The molecule has 0 aromatic heterocycles. The SMILES string of the molecule is O=C(Nc1ccccc1)N1CCC(C(O)c2ccc3c(c2)OCCO3)CC1. The van der Waals surface area contributed by atoms with Gasteiger partial charge in [-0.2, -0.15) is 0 Å². The predicted octanol–water partition coefficient (Wildman–Crippen LogP) is 3.44. The Labute approximate surface area is 158 Å². The molecule has 1 unspecified atom stereocenters. The van der Waals surface area contributed by atoms with Crippen molar-refractivity contribution in [2.24, 2.45) is 5.92 Å².